The maximum atomic E-state index is 13.2. The Hall–Kier alpha value is -2.64. The highest BCUT2D eigenvalue weighted by Gasteiger charge is 2.30. The fourth-order valence-corrected chi connectivity index (χ4v) is 2.45. The monoisotopic (exact) mass is 315 g/mol. The molecule has 0 atom stereocenters. The third-order valence-corrected chi connectivity index (χ3v) is 3.41. The van der Waals surface area contributed by atoms with Gasteiger partial charge in [0.25, 0.3) is 0 Å². The van der Waals surface area contributed by atoms with Crippen LogP contribution in [0.4, 0.5) is 10.2 Å². The molecule has 0 saturated heterocycles. The van der Waals surface area contributed by atoms with Crippen LogP contribution >= 0.6 is 0 Å². The number of hydrogen-bond donors (Lipinski definition) is 2. The fraction of sp³-hybridized carbons (Fsp3) is 0.188. The molecule has 2 aromatic rings. The Morgan fingerprint density at radius 3 is 2.61 bits per heavy atom. The van der Waals surface area contributed by atoms with Crippen LogP contribution in [0.25, 0.3) is 11.4 Å². The van der Waals surface area contributed by atoms with Gasteiger partial charge in [-0.1, -0.05) is 0 Å². The summed E-state index contributed by atoms with van der Waals surface area (Å²) in [5.74, 6) is 0.136. The number of anilines is 1. The lowest BCUT2D eigenvalue weighted by molar-refractivity contribution is -0.230. The predicted molar refractivity (Wildman–Crippen MR) is 86.2 cm³/mol. The first kappa shape index (κ1) is 15.3. The Morgan fingerprint density at radius 1 is 1.22 bits per heavy atom. The summed E-state index contributed by atoms with van der Waals surface area (Å²) in [5.41, 5.74) is 12.3. The second-order valence-electron chi connectivity index (χ2n) is 5.03. The number of nitrogens with one attached hydrogen (secondary N) is 1. The Morgan fingerprint density at radius 2 is 1.96 bits per heavy atom. The SMILES string of the molecule is CCON1C(c2ccnc(N)c2)=C(c2ccc(F)cc2)NN1C. The first-order chi connectivity index (χ1) is 11.1. The van der Waals surface area contributed by atoms with Crippen LogP contribution in [0.1, 0.15) is 18.1 Å². The van der Waals surface area contributed by atoms with Crippen LogP contribution in [0, 0.1) is 5.82 Å². The molecule has 3 N–H and O–H groups in total. The summed E-state index contributed by atoms with van der Waals surface area (Å²) in [6, 6.07) is 9.89. The van der Waals surface area contributed by atoms with Gasteiger partial charge < -0.3 is 5.73 Å². The van der Waals surface area contributed by atoms with Crippen molar-refractivity contribution in [1.29, 1.82) is 0 Å². The molecular weight excluding hydrogens is 297 g/mol. The standard InChI is InChI=1S/C16H18FN5O/c1-3-23-22-16(12-8-9-19-14(18)10-12)15(20-21(22)2)11-4-6-13(17)7-5-11/h4-10,20H,3H2,1-2H3,(H2,18,19). The Kier molecular flexibility index (Phi) is 4.14. The van der Waals surface area contributed by atoms with Gasteiger partial charge >= 0.3 is 0 Å². The molecule has 1 aliphatic heterocycles. The molecule has 1 aromatic heterocycles. The van der Waals surface area contributed by atoms with Gasteiger partial charge in [-0.2, -0.15) is 5.17 Å². The van der Waals surface area contributed by atoms with Crippen LogP contribution in [0.2, 0.25) is 0 Å². The Balaban J connectivity index is 2.14. The topological polar surface area (TPSA) is 66.6 Å². The molecule has 0 spiro atoms. The second kappa shape index (κ2) is 6.23. The van der Waals surface area contributed by atoms with Crippen molar-refractivity contribution in [2.24, 2.45) is 0 Å². The van der Waals surface area contributed by atoms with E-state index in [4.69, 9.17) is 10.6 Å². The zero-order valence-corrected chi connectivity index (χ0v) is 13.0. The van der Waals surface area contributed by atoms with Crippen LogP contribution in [0.5, 0.6) is 0 Å². The molecule has 0 saturated carbocycles. The quantitative estimate of drug-likeness (QED) is 0.902. The normalized spacial score (nSPS) is 15.2. The highest BCUT2D eigenvalue weighted by molar-refractivity contribution is 5.90. The number of hydroxylamine groups is 1. The molecule has 6 nitrogen and oxygen atoms in total. The van der Waals surface area contributed by atoms with Crippen LogP contribution in [0.15, 0.2) is 42.6 Å². The van der Waals surface area contributed by atoms with Crippen molar-refractivity contribution < 1.29 is 9.23 Å². The molecule has 7 heteroatoms. The highest BCUT2D eigenvalue weighted by Crippen LogP contribution is 2.33. The maximum absolute atomic E-state index is 13.2. The van der Waals surface area contributed by atoms with E-state index in [0.717, 1.165) is 22.5 Å². The number of aromatic nitrogens is 1. The lowest BCUT2D eigenvalue weighted by Crippen LogP contribution is -2.39. The van der Waals surface area contributed by atoms with Crippen molar-refractivity contribution in [3.63, 3.8) is 0 Å². The minimum absolute atomic E-state index is 0.280. The largest absolute Gasteiger partial charge is 0.384 e. The molecule has 2 heterocycles. The summed E-state index contributed by atoms with van der Waals surface area (Å²) in [6.45, 7) is 2.40. The number of nitrogen functional groups attached to an aromatic ring is 1. The van der Waals surface area contributed by atoms with Crippen LogP contribution < -0.4 is 11.2 Å². The number of nitrogens with two attached hydrogens (primary N) is 1. The molecule has 0 unspecified atom stereocenters. The van der Waals surface area contributed by atoms with Gasteiger partial charge in [0.05, 0.1) is 12.3 Å². The van der Waals surface area contributed by atoms with Crippen molar-refractivity contribution >= 4 is 17.2 Å². The van der Waals surface area contributed by atoms with E-state index in [1.165, 1.54) is 12.1 Å². The molecule has 0 fully saturated rings. The molecule has 1 aliphatic rings. The first-order valence-corrected chi connectivity index (χ1v) is 7.25. The number of hydrogen-bond acceptors (Lipinski definition) is 6. The van der Waals surface area contributed by atoms with E-state index in [1.54, 1.807) is 34.7 Å². The highest BCUT2D eigenvalue weighted by atomic mass is 19.1. The number of benzene rings is 1. The molecule has 1 aromatic carbocycles. The summed E-state index contributed by atoms with van der Waals surface area (Å²) in [5, 5.41) is 3.36. The molecule has 0 amide bonds. The first-order valence-electron chi connectivity index (χ1n) is 7.25. The van der Waals surface area contributed by atoms with E-state index >= 15 is 0 Å². The fourth-order valence-electron chi connectivity index (χ4n) is 2.45. The van der Waals surface area contributed by atoms with Gasteiger partial charge in [0.2, 0.25) is 0 Å². The maximum Gasteiger partial charge on any atom is 0.123 e. The number of nitrogens with zero attached hydrogens (tertiary/aromatic N) is 3. The molecular formula is C16H18FN5O. The van der Waals surface area contributed by atoms with E-state index in [-0.39, 0.29) is 5.82 Å². The van der Waals surface area contributed by atoms with Gasteiger partial charge in [0, 0.05) is 24.4 Å². The number of rotatable bonds is 4. The lowest BCUT2D eigenvalue weighted by Gasteiger charge is -2.26. The van der Waals surface area contributed by atoms with Crippen molar-refractivity contribution in [3.05, 3.63) is 59.5 Å². The van der Waals surface area contributed by atoms with E-state index in [0.29, 0.717) is 12.4 Å². The average molecular weight is 315 g/mol. The van der Waals surface area contributed by atoms with Crippen molar-refractivity contribution in [1.82, 2.24) is 20.7 Å². The molecule has 0 radical (unpaired) electrons. The number of pyridine rings is 1. The Bertz CT molecular complexity index is 732. The van der Waals surface area contributed by atoms with E-state index < -0.39 is 0 Å². The smallest absolute Gasteiger partial charge is 0.123 e. The summed E-state index contributed by atoms with van der Waals surface area (Å²) in [6.07, 6.45) is 1.64. The third kappa shape index (κ3) is 2.96. The van der Waals surface area contributed by atoms with Gasteiger partial charge in [-0.3, -0.25) is 10.3 Å². The number of halogens is 1. The van der Waals surface area contributed by atoms with Crippen LogP contribution in [0.3, 0.4) is 0 Å². The van der Waals surface area contributed by atoms with Gasteiger partial charge in [-0.05, 0) is 43.3 Å². The summed E-state index contributed by atoms with van der Waals surface area (Å²) in [4.78, 5) is 9.72. The third-order valence-electron chi connectivity index (χ3n) is 3.41. The lowest BCUT2D eigenvalue weighted by atomic mass is 10.1. The average Bonchev–Trinajstić information content (AvgIpc) is 2.85. The predicted octanol–water partition coefficient (Wildman–Crippen LogP) is 2.25. The molecule has 120 valence electrons. The van der Waals surface area contributed by atoms with Gasteiger partial charge in [0.15, 0.2) is 0 Å². The van der Waals surface area contributed by atoms with E-state index in [9.17, 15) is 4.39 Å². The molecule has 0 bridgehead atoms. The minimum atomic E-state index is -0.280. The van der Waals surface area contributed by atoms with Crippen molar-refractivity contribution in [3.8, 4) is 0 Å². The summed E-state index contributed by atoms with van der Waals surface area (Å²) >= 11 is 0. The van der Waals surface area contributed by atoms with Gasteiger partial charge in [-0.15, -0.1) is 5.12 Å². The summed E-state index contributed by atoms with van der Waals surface area (Å²) in [7, 11) is 1.83. The molecule has 3 rings (SSSR count). The van der Waals surface area contributed by atoms with Gasteiger partial charge in [-0.25, -0.2) is 9.37 Å². The zero-order valence-electron chi connectivity index (χ0n) is 13.0. The zero-order chi connectivity index (χ0) is 16.4. The van der Waals surface area contributed by atoms with Crippen LogP contribution in [-0.2, 0) is 4.84 Å². The van der Waals surface area contributed by atoms with E-state index in [2.05, 4.69) is 10.4 Å². The van der Waals surface area contributed by atoms with Crippen molar-refractivity contribution in [2.45, 2.75) is 6.92 Å². The van der Waals surface area contributed by atoms with Gasteiger partial charge in [0.1, 0.15) is 17.3 Å². The minimum Gasteiger partial charge on any atom is -0.384 e. The molecule has 23 heavy (non-hydrogen) atoms. The Labute approximate surface area is 133 Å². The van der Waals surface area contributed by atoms with E-state index in [1.807, 2.05) is 20.0 Å². The number of hydrazine groups is 2. The molecule has 0 aliphatic carbocycles. The van der Waals surface area contributed by atoms with Crippen LogP contribution in [-0.4, -0.2) is 28.9 Å². The second-order valence-corrected chi connectivity index (χ2v) is 5.03. The van der Waals surface area contributed by atoms with Crippen molar-refractivity contribution in [2.75, 3.05) is 19.4 Å². The summed E-state index contributed by atoms with van der Waals surface area (Å²) < 4.78 is 13.2.